The van der Waals surface area contributed by atoms with E-state index in [-0.39, 0.29) is 11.7 Å². The number of carbonyl (C=O) groups excluding carboxylic acids is 1. The number of aromatic nitrogens is 1. The molecule has 1 heterocycles. The van der Waals surface area contributed by atoms with Gasteiger partial charge in [0.2, 0.25) is 0 Å². The van der Waals surface area contributed by atoms with Crippen LogP contribution in [0.4, 0.5) is 0 Å². The van der Waals surface area contributed by atoms with E-state index in [0.29, 0.717) is 0 Å². The highest BCUT2D eigenvalue weighted by Gasteiger charge is 2.12. The van der Waals surface area contributed by atoms with Gasteiger partial charge in [-0.2, -0.15) is 0 Å². The lowest BCUT2D eigenvalue weighted by Gasteiger charge is -2.01. The van der Waals surface area contributed by atoms with Gasteiger partial charge in [-0.1, -0.05) is 13.8 Å². The maximum Gasteiger partial charge on any atom is 0.181 e. The summed E-state index contributed by atoms with van der Waals surface area (Å²) in [5.41, 5.74) is 1.78. The van der Waals surface area contributed by atoms with E-state index in [2.05, 4.69) is 4.98 Å². The zero-order valence-corrected chi connectivity index (χ0v) is 7.14. The first-order valence-electron chi connectivity index (χ1n) is 3.81. The van der Waals surface area contributed by atoms with Gasteiger partial charge in [0, 0.05) is 12.1 Å². The molecule has 1 aromatic heterocycles. The fourth-order valence-electron chi connectivity index (χ4n) is 1.00. The molecule has 60 valence electrons. The number of Topliss-reactive ketones (excluding diaryl/α,β-unsaturated/α-hetero) is 1. The van der Waals surface area contributed by atoms with Gasteiger partial charge in [0.15, 0.2) is 5.78 Å². The van der Waals surface area contributed by atoms with Crippen LogP contribution < -0.4 is 0 Å². The quantitative estimate of drug-likeness (QED) is 0.645. The maximum atomic E-state index is 11.4. The predicted molar refractivity (Wildman–Crippen MR) is 44.7 cm³/mol. The summed E-state index contributed by atoms with van der Waals surface area (Å²) in [4.78, 5) is 14.3. The molecule has 11 heavy (non-hydrogen) atoms. The summed E-state index contributed by atoms with van der Waals surface area (Å²) >= 11 is 0. The van der Waals surface area contributed by atoms with Crippen LogP contribution in [0.15, 0.2) is 12.3 Å². The van der Waals surface area contributed by atoms with Gasteiger partial charge in [-0.15, -0.1) is 0 Å². The smallest absolute Gasteiger partial charge is 0.181 e. The van der Waals surface area contributed by atoms with E-state index in [1.54, 1.807) is 6.20 Å². The Morgan fingerprint density at radius 2 is 2.18 bits per heavy atom. The van der Waals surface area contributed by atoms with Crippen LogP contribution in [0, 0.1) is 12.8 Å². The lowest BCUT2D eigenvalue weighted by molar-refractivity contribution is 0.0934. The van der Waals surface area contributed by atoms with Crippen molar-refractivity contribution in [1.82, 2.24) is 4.98 Å². The summed E-state index contributed by atoms with van der Waals surface area (Å²) < 4.78 is 0. The Labute approximate surface area is 66.6 Å². The molecule has 1 aromatic rings. The van der Waals surface area contributed by atoms with Gasteiger partial charge in [-0.3, -0.25) is 4.79 Å². The normalized spacial score (nSPS) is 10.5. The second-order valence-electron chi connectivity index (χ2n) is 3.05. The van der Waals surface area contributed by atoms with Crippen molar-refractivity contribution in [2.45, 2.75) is 20.8 Å². The van der Waals surface area contributed by atoms with E-state index in [9.17, 15) is 4.79 Å². The number of rotatable bonds is 2. The molecule has 0 amide bonds. The van der Waals surface area contributed by atoms with E-state index in [1.807, 2.05) is 26.8 Å². The summed E-state index contributed by atoms with van der Waals surface area (Å²) in [5.74, 6) is 0.264. The lowest BCUT2D eigenvalue weighted by Crippen LogP contribution is -2.08. The van der Waals surface area contributed by atoms with Crippen LogP contribution in [0.3, 0.4) is 0 Å². The van der Waals surface area contributed by atoms with E-state index >= 15 is 0 Å². The van der Waals surface area contributed by atoms with Gasteiger partial charge in [-0.05, 0) is 18.6 Å². The Morgan fingerprint density at radius 3 is 2.55 bits per heavy atom. The van der Waals surface area contributed by atoms with E-state index in [1.165, 1.54) is 0 Å². The Bertz CT molecular complexity index is 260. The average molecular weight is 151 g/mol. The number of carbonyl (C=O) groups is 1. The molecule has 0 saturated carbocycles. The summed E-state index contributed by atoms with van der Waals surface area (Å²) in [7, 11) is 0. The van der Waals surface area contributed by atoms with Crippen LogP contribution in [0.5, 0.6) is 0 Å². The Balaban J connectivity index is 2.93. The molecule has 0 aliphatic rings. The molecule has 0 atom stereocenters. The second-order valence-corrected chi connectivity index (χ2v) is 3.05. The number of H-pyrrole nitrogens is 1. The van der Waals surface area contributed by atoms with Crippen LogP contribution in [-0.2, 0) is 0 Å². The lowest BCUT2D eigenvalue weighted by atomic mass is 10.0. The standard InChI is InChI=1S/C9H13NO/c1-6(2)9(11)8-7(3)4-5-10-8/h4-6,10H,1-3H3. The number of nitrogens with one attached hydrogen (secondary N) is 1. The zero-order valence-electron chi connectivity index (χ0n) is 7.14. The van der Waals surface area contributed by atoms with Gasteiger partial charge in [0.1, 0.15) is 0 Å². The second kappa shape index (κ2) is 2.91. The van der Waals surface area contributed by atoms with Crippen molar-refractivity contribution in [2.24, 2.45) is 5.92 Å². The van der Waals surface area contributed by atoms with Gasteiger partial charge < -0.3 is 4.98 Å². The molecule has 2 heteroatoms. The van der Waals surface area contributed by atoms with Crippen molar-refractivity contribution in [3.05, 3.63) is 23.5 Å². The summed E-state index contributed by atoms with van der Waals surface area (Å²) in [6.45, 7) is 5.75. The molecule has 0 unspecified atom stereocenters. The predicted octanol–water partition coefficient (Wildman–Crippen LogP) is 2.16. The van der Waals surface area contributed by atoms with Crippen LogP contribution in [0.2, 0.25) is 0 Å². The minimum absolute atomic E-state index is 0.0762. The first-order chi connectivity index (χ1) is 5.13. The van der Waals surface area contributed by atoms with Crippen molar-refractivity contribution >= 4 is 5.78 Å². The van der Waals surface area contributed by atoms with Crippen molar-refractivity contribution in [2.75, 3.05) is 0 Å². The topological polar surface area (TPSA) is 32.9 Å². The van der Waals surface area contributed by atoms with E-state index < -0.39 is 0 Å². The molecule has 0 radical (unpaired) electrons. The molecule has 0 fully saturated rings. The minimum Gasteiger partial charge on any atom is -0.359 e. The number of hydrogen-bond donors (Lipinski definition) is 1. The minimum atomic E-state index is 0.0762. The summed E-state index contributed by atoms with van der Waals surface area (Å²) in [5, 5.41) is 0. The molecule has 0 bridgehead atoms. The Morgan fingerprint density at radius 1 is 1.55 bits per heavy atom. The molecule has 1 rings (SSSR count). The van der Waals surface area contributed by atoms with Gasteiger partial charge in [-0.25, -0.2) is 0 Å². The van der Waals surface area contributed by atoms with Gasteiger partial charge in [0.05, 0.1) is 5.69 Å². The summed E-state index contributed by atoms with van der Waals surface area (Å²) in [6.07, 6.45) is 1.80. The average Bonchev–Trinajstić information content (AvgIpc) is 2.33. The highest BCUT2D eigenvalue weighted by atomic mass is 16.1. The van der Waals surface area contributed by atoms with Crippen molar-refractivity contribution < 1.29 is 4.79 Å². The number of aromatic amines is 1. The molecular weight excluding hydrogens is 138 g/mol. The molecule has 0 aromatic carbocycles. The van der Waals surface area contributed by atoms with Crippen LogP contribution in [-0.4, -0.2) is 10.8 Å². The molecule has 0 spiro atoms. The third-order valence-electron chi connectivity index (χ3n) is 1.73. The van der Waals surface area contributed by atoms with Crippen molar-refractivity contribution in [1.29, 1.82) is 0 Å². The van der Waals surface area contributed by atoms with Crippen LogP contribution >= 0.6 is 0 Å². The van der Waals surface area contributed by atoms with Crippen LogP contribution in [0.25, 0.3) is 0 Å². The third-order valence-corrected chi connectivity index (χ3v) is 1.73. The zero-order chi connectivity index (χ0) is 8.43. The van der Waals surface area contributed by atoms with Crippen LogP contribution in [0.1, 0.15) is 29.9 Å². The third kappa shape index (κ3) is 1.50. The molecule has 0 aliphatic heterocycles. The van der Waals surface area contributed by atoms with Crippen molar-refractivity contribution in [3.8, 4) is 0 Å². The Kier molecular flexibility index (Phi) is 2.13. The molecule has 2 nitrogen and oxygen atoms in total. The van der Waals surface area contributed by atoms with Gasteiger partial charge >= 0.3 is 0 Å². The van der Waals surface area contributed by atoms with E-state index in [0.717, 1.165) is 11.3 Å². The monoisotopic (exact) mass is 151 g/mol. The van der Waals surface area contributed by atoms with E-state index in [4.69, 9.17) is 0 Å². The number of aryl methyl sites for hydroxylation is 1. The highest BCUT2D eigenvalue weighted by Crippen LogP contribution is 2.10. The highest BCUT2D eigenvalue weighted by molar-refractivity contribution is 5.96. The first-order valence-corrected chi connectivity index (χ1v) is 3.81. The largest absolute Gasteiger partial charge is 0.359 e. The molecule has 1 N–H and O–H groups in total. The fraction of sp³-hybridized carbons (Fsp3) is 0.444. The Hall–Kier alpha value is -1.05. The number of ketones is 1. The number of hydrogen-bond acceptors (Lipinski definition) is 1. The maximum absolute atomic E-state index is 11.4. The summed E-state index contributed by atoms with van der Waals surface area (Å²) in [6, 6.07) is 1.91. The van der Waals surface area contributed by atoms with Gasteiger partial charge in [0.25, 0.3) is 0 Å². The van der Waals surface area contributed by atoms with Crippen molar-refractivity contribution in [3.63, 3.8) is 0 Å². The SMILES string of the molecule is Cc1cc[nH]c1C(=O)C(C)C. The molecule has 0 aliphatic carbocycles. The first kappa shape index (κ1) is 8.05. The fourth-order valence-corrected chi connectivity index (χ4v) is 1.00. The molecule has 0 saturated heterocycles. The molecular formula is C9H13NO.